The Bertz CT molecular complexity index is 371. The van der Waals surface area contributed by atoms with Crippen molar-refractivity contribution >= 4 is 24.1 Å². The molecule has 2 aromatic carbocycles. The predicted molar refractivity (Wildman–Crippen MR) is 62.7 cm³/mol. The fraction of sp³-hybridized carbons (Fsp3) is 0. The van der Waals surface area contributed by atoms with Crippen LogP contribution in [0.4, 0.5) is 5.69 Å². The number of carboxylic acid groups (broad SMARTS) is 1. The molecule has 0 aliphatic heterocycles. The summed E-state index contributed by atoms with van der Waals surface area (Å²) in [5, 5.41) is 8.27. The SMILES string of the molecule is Cl.N[c-]1[cH-][cH-][cH-][cH-]1.O=C(O)[c-]1cccc1.[Fe]. The summed E-state index contributed by atoms with van der Waals surface area (Å²) in [5.74, 6) is -0.866. The molecule has 0 aromatic heterocycles. The molecule has 0 unspecified atom stereocenters. The van der Waals surface area contributed by atoms with E-state index in [9.17, 15) is 4.79 Å². The molecule has 0 saturated heterocycles. The molecule has 0 aliphatic carbocycles. The molecule has 0 fully saturated rings. The molecule has 2 aromatic rings. The number of rotatable bonds is 1. The Morgan fingerprint density at radius 1 is 1.19 bits per heavy atom. The van der Waals surface area contributed by atoms with E-state index in [1.54, 1.807) is 24.3 Å². The number of hydrogen-bond donors (Lipinski definition) is 2. The molecule has 2 rings (SSSR count). The quantitative estimate of drug-likeness (QED) is 0.623. The summed E-state index contributed by atoms with van der Waals surface area (Å²) >= 11 is 0. The van der Waals surface area contributed by atoms with Crippen LogP contribution in [0.5, 0.6) is 0 Å². The van der Waals surface area contributed by atoms with Crippen molar-refractivity contribution in [3.05, 3.63) is 54.1 Å². The Kier molecular flexibility index (Phi) is 9.71. The van der Waals surface area contributed by atoms with Gasteiger partial charge in [0, 0.05) is 17.1 Å². The number of carbonyl (C=O) groups is 1. The number of nitrogens with two attached hydrogens (primary N) is 1. The van der Waals surface area contributed by atoms with Crippen LogP contribution in [0.15, 0.2) is 48.5 Å². The minimum atomic E-state index is -0.866. The summed E-state index contributed by atoms with van der Waals surface area (Å²) in [4.78, 5) is 10.1. The summed E-state index contributed by atoms with van der Waals surface area (Å²) < 4.78 is 0. The van der Waals surface area contributed by atoms with Crippen molar-refractivity contribution in [2.24, 2.45) is 0 Å². The molecule has 0 atom stereocenters. The summed E-state index contributed by atoms with van der Waals surface area (Å²) in [6.07, 6.45) is 0. The van der Waals surface area contributed by atoms with Crippen LogP contribution in [0.1, 0.15) is 10.4 Å². The van der Waals surface area contributed by atoms with E-state index in [0.717, 1.165) is 5.69 Å². The van der Waals surface area contributed by atoms with E-state index in [2.05, 4.69) is 0 Å². The molecule has 3 N–H and O–H groups in total. The van der Waals surface area contributed by atoms with Crippen LogP contribution < -0.4 is 5.73 Å². The molecule has 0 amide bonds. The second-order valence-corrected chi connectivity index (χ2v) is 2.70. The first-order valence-corrected chi connectivity index (χ1v) is 4.12. The van der Waals surface area contributed by atoms with E-state index >= 15 is 0 Å². The van der Waals surface area contributed by atoms with Crippen LogP contribution in [-0.4, -0.2) is 11.1 Å². The average Bonchev–Trinajstić information content (AvgIpc) is 2.75. The normalized spacial score (nSPS) is 7.75. The van der Waals surface area contributed by atoms with Gasteiger partial charge in [-0.1, -0.05) is 5.56 Å². The van der Waals surface area contributed by atoms with Crippen LogP contribution in [0.2, 0.25) is 0 Å². The Labute approximate surface area is 111 Å². The van der Waals surface area contributed by atoms with Gasteiger partial charge in [-0.3, -0.25) is 4.79 Å². The number of carboxylic acids is 1. The molecule has 0 bridgehead atoms. The number of nitrogen functional groups attached to an aromatic ring is 1. The van der Waals surface area contributed by atoms with E-state index in [4.69, 9.17) is 10.8 Å². The number of aromatic carboxylic acids is 1. The van der Waals surface area contributed by atoms with Crippen molar-refractivity contribution < 1.29 is 27.0 Å². The van der Waals surface area contributed by atoms with Crippen LogP contribution in [-0.2, 0) is 17.1 Å². The third-order valence-corrected chi connectivity index (χ3v) is 1.60. The van der Waals surface area contributed by atoms with Crippen LogP contribution >= 0.6 is 12.4 Å². The standard InChI is InChI=1S/C6H5O2.C5H6N.ClH.Fe/c7-6(8)5-3-1-2-4-5;6-5-3-1-2-4-5;;/h1-4H,(H,7,8);1-4H,6H2;1H;/q-1;-5;;. The molecule has 0 heterocycles. The van der Waals surface area contributed by atoms with Gasteiger partial charge in [0.05, 0.1) is 0 Å². The van der Waals surface area contributed by atoms with Gasteiger partial charge in [0.15, 0.2) is 0 Å². The molecular weight excluding hydrogens is 269 g/mol. The zero-order chi connectivity index (χ0) is 10.4. The minimum absolute atomic E-state index is 0. The van der Waals surface area contributed by atoms with Crippen molar-refractivity contribution in [1.82, 2.24) is 0 Å². The average molecular weight is 282 g/mol. The van der Waals surface area contributed by atoms with Gasteiger partial charge >= 0.3 is 0 Å². The van der Waals surface area contributed by atoms with Gasteiger partial charge in [-0.15, -0.1) is 12.4 Å². The predicted octanol–water partition coefficient (Wildman–Crippen LogP) is 2.51. The van der Waals surface area contributed by atoms with E-state index < -0.39 is 5.97 Å². The zero-order valence-corrected chi connectivity index (χ0v) is 10.2. The third-order valence-electron chi connectivity index (χ3n) is 1.60. The van der Waals surface area contributed by atoms with Gasteiger partial charge in [0.2, 0.25) is 0 Å². The maximum atomic E-state index is 10.1. The minimum Gasteiger partial charge on any atom is -0.746 e. The summed E-state index contributed by atoms with van der Waals surface area (Å²) in [5.41, 5.74) is 6.47. The van der Waals surface area contributed by atoms with E-state index in [1.165, 1.54) is 0 Å². The number of anilines is 1. The number of hydrogen-bond acceptors (Lipinski definition) is 2. The first-order chi connectivity index (χ1) is 6.70. The smallest absolute Gasteiger partial charge is 0.278 e. The molecule has 94 valence electrons. The van der Waals surface area contributed by atoms with Crippen molar-refractivity contribution in [3.63, 3.8) is 0 Å². The van der Waals surface area contributed by atoms with Gasteiger partial charge in [0.25, 0.3) is 5.97 Å². The van der Waals surface area contributed by atoms with Crippen molar-refractivity contribution in [3.8, 4) is 0 Å². The fourth-order valence-electron chi connectivity index (χ4n) is 0.905. The van der Waals surface area contributed by atoms with E-state index in [1.807, 2.05) is 24.3 Å². The van der Waals surface area contributed by atoms with E-state index in [0.29, 0.717) is 5.56 Å². The number of halogens is 1. The maximum absolute atomic E-state index is 10.1. The monoisotopic (exact) mass is 281 g/mol. The maximum Gasteiger partial charge on any atom is 0.278 e. The molecule has 0 saturated carbocycles. The van der Waals surface area contributed by atoms with Crippen LogP contribution in [0, 0.1) is 0 Å². The fourth-order valence-corrected chi connectivity index (χ4v) is 0.905. The Balaban J connectivity index is 0. The van der Waals surface area contributed by atoms with Crippen LogP contribution in [0.25, 0.3) is 0 Å². The van der Waals surface area contributed by atoms with Crippen molar-refractivity contribution in [2.45, 2.75) is 0 Å². The molecule has 0 aliphatic rings. The van der Waals surface area contributed by atoms with Crippen molar-refractivity contribution in [1.29, 1.82) is 0 Å². The van der Waals surface area contributed by atoms with E-state index in [-0.39, 0.29) is 29.5 Å². The first kappa shape index (κ1) is 17.2. The topological polar surface area (TPSA) is 63.3 Å². The first-order valence-electron chi connectivity index (χ1n) is 4.12. The van der Waals surface area contributed by atoms with Gasteiger partial charge in [-0.25, -0.2) is 12.1 Å². The summed E-state index contributed by atoms with van der Waals surface area (Å²) in [7, 11) is 0. The zero-order valence-electron chi connectivity index (χ0n) is 8.31. The van der Waals surface area contributed by atoms with Crippen molar-refractivity contribution in [2.75, 3.05) is 5.73 Å². The molecule has 5 heteroatoms. The molecule has 3 nitrogen and oxygen atoms in total. The van der Waals surface area contributed by atoms with Gasteiger partial charge < -0.3 is 40.8 Å². The Morgan fingerprint density at radius 2 is 1.62 bits per heavy atom. The molecule has 0 spiro atoms. The Hall–Kier alpha value is -1.22. The van der Waals surface area contributed by atoms with Gasteiger partial charge in [0.1, 0.15) is 0 Å². The molecule has 0 radical (unpaired) electrons. The van der Waals surface area contributed by atoms with Gasteiger partial charge in [-0.05, 0) is 0 Å². The summed E-state index contributed by atoms with van der Waals surface area (Å²) in [6.45, 7) is 0. The molecular formula is C11H12ClFeNO2-6. The Morgan fingerprint density at radius 3 is 1.81 bits per heavy atom. The third kappa shape index (κ3) is 6.30. The van der Waals surface area contributed by atoms with Crippen LogP contribution in [0.3, 0.4) is 0 Å². The summed E-state index contributed by atoms with van der Waals surface area (Å²) in [6, 6.07) is 14.1. The second-order valence-electron chi connectivity index (χ2n) is 2.70. The largest absolute Gasteiger partial charge is 0.746 e. The second kappa shape index (κ2) is 9.04. The van der Waals surface area contributed by atoms with Gasteiger partial charge in [-0.2, -0.15) is 12.1 Å². The molecule has 16 heavy (non-hydrogen) atoms.